The van der Waals surface area contributed by atoms with Gasteiger partial charge in [-0.2, -0.15) is 0 Å². The van der Waals surface area contributed by atoms with Gasteiger partial charge in [-0.3, -0.25) is 9.59 Å². The number of halogens is 2. The number of amides is 2. The van der Waals surface area contributed by atoms with Gasteiger partial charge in [-0.1, -0.05) is 29.0 Å². The molecule has 30 heavy (non-hydrogen) atoms. The third-order valence-electron chi connectivity index (χ3n) is 4.88. The van der Waals surface area contributed by atoms with E-state index in [2.05, 4.69) is 15.5 Å². The summed E-state index contributed by atoms with van der Waals surface area (Å²) in [5.74, 6) is -2.34. The van der Waals surface area contributed by atoms with Gasteiger partial charge in [0.2, 0.25) is 5.01 Å². The molecule has 1 saturated heterocycles. The Hall–Kier alpha value is -3.20. The molecule has 1 aromatic heterocycles. The molecule has 0 radical (unpaired) electrons. The van der Waals surface area contributed by atoms with Crippen molar-refractivity contribution < 1.29 is 18.4 Å². The van der Waals surface area contributed by atoms with E-state index in [1.807, 2.05) is 25.1 Å². The highest BCUT2D eigenvalue weighted by atomic mass is 32.1. The number of likely N-dealkylation sites (tertiary alicyclic amines) is 1. The SMILES string of the molecule is Cc1cccc(C(=O)N2CCC[C@@H]2c2nnc(C(=O)Nc3ccc(F)cc3F)s2)c1. The minimum atomic E-state index is -0.876. The van der Waals surface area contributed by atoms with E-state index in [9.17, 15) is 18.4 Å². The van der Waals surface area contributed by atoms with Crippen LogP contribution in [0.15, 0.2) is 42.5 Å². The quantitative estimate of drug-likeness (QED) is 0.670. The molecular weight excluding hydrogens is 410 g/mol. The molecule has 0 unspecified atom stereocenters. The second kappa shape index (κ2) is 8.27. The molecule has 6 nitrogen and oxygen atoms in total. The Morgan fingerprint density at radius 3 is 2.77 bits per heavy atom. The third-order valence-corrected chi connectivity index (χ3v) is 5.90. The van der Waals surface area contributed by atoms with Gasteiger partial charge in [-0.05, 0) is 44.0 Å². The Morgan fingerprint density at radius 1 is 1.17 bits per heavy atom. The topological polar surface area (TPSA) is 75.2 Å². The Kier molecular flexibility index (Phi) is 5.54. The fourth-order valence-electron chi connectivity index (χ4n) is 3.44. The zero-order valence-electron chi connectivity index (χ0n) is 16.1. The Bertz CT molecular complexity index is 1120. The van der Waals surface area contributed by atoms with Crippen LogP contribution in [0.2, 0.25) is 0 Å². The highest BCUT2D eigenvalue weighted by molar-refractivity contribution is 7.13. The van der Waals surface area contributed by atoms with Crippen molar-refractivity contribution in [2.45, 2.75) is 25.8 Å². The van der Waals surface area contributed by atoms with Crippen molar-refractivity contribution in [1.82, 2.24) is 15.1 Å². The van der Waals surface area contributed by atoms with Crippen LogP contribution in [0, 0.1) is 18.6 Å². The van der Waals surface area contributed by atoms with E-state index in [0.29, 0.717) is 23.2 Å². The van der Waals surface area contributed by atoms with E-state index in [-0.39, 0.29) is 22.6 Å². The lowest BCUT2D eigenvalue weighted by Gasteiger charge is -2.23. The summed E-state index contributed by atoms with van der Waals surface area (Å²) in [4.78, 5) is 27.1. The maximum Gasteiger partial charge on any atom is 0.286 e. The van der Waals surface area contributed by atoms with E-state index < -0.39 is 17.5 Å². The van der Waals surface area contributed by atoms with Crippen molar-refractivity contribution in [3.63, 3.8) is 0 Å². The first-order valence-corrected chi connectivity index (χ1v) is 10.2. The molecule has 0 spiro atoms. The number of carbonyl (C=O) groups excluding carboxylic acids is 2. The number of aryl methyl sites for hydroxylation is 1. The van der Waals surface area contributed by atoms with Crippen LogP contribution in [0.1, 0.15) is 49.6 Å². The molecular formula is C21H18F2N4O2S. The molecule has 0 aliphatic carbocycles. The average Bonchev–Trinajstić information content (AvgIpc) is 3.38. The van der Waals surface area contributed by atoms with Gasteiger partial charge in [0.15, 0.2) is 0 Å². The second-order valence-electron chi connectivity index (χ2n) is 7.05. The number of hydrogen-bond acceptors (Lipinski definition) is 5. The van der Waals surface area contributed by atoms with Crippen LogP contribution in [-0.2, 0) is 0 Å². The lowest BCUT2D eigenvalue weighted by atomic mass is 10.1. The van der Waals surface area contributed by atoms with E-state index in [1.165, 1.54) is 0 Å². The van der Waals surface area contributed by atoms with Crippen molar-refractivity contribution in [1.29, 1.82) is 0 Å². The number of nitrogens with zero attached hydrogens (tertiary/aromatic N) is 3. The van der Waals surface area contributed by atoms with Crippen LogP contribution in [0.3, 0.4) is 0 Å². The van der Waals surface area contributed by atoms with E-state index in [0.717, 1.165) is 41.9 Å². The highest BCUT2D eigenvalue weighted by Crippen LogP contribution is 2.35. The van der Waals surface area contributed by atoms with Crippen molar-refractivity contribution in [2.24, 2.45) is 0 Å². The van der Waals surface area contributed by atoms with E-state index in [4.69, 9.17) is 0 Å². The van der Waals surface area contributed by atoms with Gasteiger partial charge in [0.1, 0.15) is 16.6 Å². The molecule has 0 bridgehead atoms. The predicted molar refractivity (Wildman–Crippen MR) is 108 cm³/mol. The van der Waals surface area contributed by atoms with Crippen molar-refractivity contribution in [3.05, 3.63) is 75.2 Å². The molecule has 3 aromatic rings. The van der Waals surface area contributed by atoms with Gasteiger partial charge in [-0.15, -0.1) is 10.2 Å². The molecule has 2 aromatic carbocycles. The number of anilines is 1. The molecule has 154 valence electrons. The Morgan fingerprint density at radius 2 is 2.00 bits per heavy atom. The monoisotopic (exact) mass is 428 g/mol. The molecule has 2 heterocycles. The fourth-order valence-corrected chi connectivity index (χ4v) is 4.32. The molecule has 1 aliphatic heterocycles. The molecule has 9 heteroatoms. The average molecular weight is 428 g/mol. The number of rotatable bonds is 4. The first-order chi connectivity index (χ1) is 14.4. The minimum Gasteiger partial charge on any atom is -0.329 e. The lowest BCUT2D eigenvalue weighted by Crippen LogP contribution is -2.30. The van der Waals surface area contributed by atoms with Crippen LogP contribution in [0.25, 0.3) is 0 Å². The predicted octanol–water partition coefficient (Wildman–Crippen LogP) is 4.35. The van der Waals surface area contributed by atoms with Gasteiger partial charge in [-0.25, -0.2) is 8.78 Å². The van der Waals surface area contributed by atoms with Gasteiger partial charge in [0, 0.05) is 18.2 Å². The number of carbonyl (C=O) groups is 2. The number of hydrogen-bond donors (Lipinski definition) is 1. The molecule has 1 fully saturated rings. The van der Waals surface area contributed by atoms with Gasteiger partial charge < -0.3 is 10.2 Å². The Labute approximate surface area is 175 Å². The number of benzene rings is 2. The van der Waals surface area contributed by atoms with Crippen molar-refractivity contribution >= 4 is 28.8 Å². The summed E-state index contributed by atoms with van der Waals surface area (Å²) >= 11 is 1.06. The minimum absolute atomic E-state index is 0.0450. The molecule has 2 amide bonds. The van der Waals surface area contributed by atoms with Gasteiger partial charge in [0.25, 0.3) is 11.8 Å². The van der Waals surface area contributed by atoms with Gasteiger partial charge in [0.05, 0.1) is 11.7 Å². The summed E-state index contributed by atoms with van der Waals surface area (Å²) in [6.45, 7) is 2.52. The molecule has 1 atom stereocenters. The van der Waals surface area contributed by atoms with E-state index >= 15 is 0 Å². The standard InChI is InChI=1S/C21H18F2N4O2S/c1-12-4-2-5-13(10-12)21(29)27-9-3-6-17(27)19-25-26-20(30-19)18(28)24-16-8-7-14(22)11-15(16)23/h2,4-5,7-8,10-11,17H,3,6,9H2,1H3,(H,24,28)/t17-/m1/s1. The maximum absolute atomic E-state index is 13.8. The maximum atomic E-state index is 13.8. The first-order valence-electron chi connectivity index (χ1n) is 9.40. The largest absolute Gasteiger partial charge is 0.329 e. The van der Waals surface area contributed by atoms with Crippen LogP contribution in [0.5, 0.6) is 0 Å². The van der Waals surface area contributed by atoms with Crippen LogP contribution in [-0.4, -0.2) is 33.5 Å². The fraction of sp³-hybridized carbons (Fsp3) is 0.238. The Balaban J connectivity index is 1.51. The molecule has 1 aliphatic rings. The second-order valence-corrected chi connectivity index (χ2v) is 8.06. The lowest BCUT2D eigenvalue weighted by molar-refractivity contribution is 0.0734. The summed E-state index contributed by atoms with van der Waals surface area (Å²) in [6, 6.07) is 10.0. The van der Waals surface area contributed by atoms with Crippen LogP contribution in [0.4, 0.5) is 14.5 Å². The first kappa shape index (κ1) is 20.1. The zero-order valence-corrected chi connectivity index (χ0v) is 16.9. The molecule has 1 N–H and O–H groups in total. The smallest absolute Gasteiger partial charge is 0.286 e. The van der Waals surface area contributed by atoms with Gasteiger partial charge >= 0.3 is 0 Å². The van der Waals surface area contributed by atoms with Crippen molar-refractivity contribution in [3.8, 4) is 0 Å². The number of aromatic nitrogens is 2. The normalized spacial score (nSPS) is 16.0. The summed E-state index contributed by atoms with van der Waals surface area (Å²) in [5.41, 5.74) is 1.46. The summed E-state index contributed by atoms with van der Waals surface area (Å²) in [6.07, 6.45) is 1.55. The summed E-state index contributed by atoms with van der Waals surface area (Å²) in [7, 11) is 0. The summed E-state index contributed by atoms with van der Waals surface area (Å²) < 4.78 is 26.8. The molecule has 0 saturated carbocycles. The number of nitrogens with one attached hydrogen (secondary N) is 1. The zero-order chi connectivity index (χ0) is 21.3. The third kappa shape index (κ3) is 4.06. The summed E-state index contributed by atoms with van der Waals surface area (Å²) in [5, 5.41) is 11.0. The van der Waals surface area contributed by atoms with Crippen molar-refractivity contribution in [2.75, 3.05) is 11.9 Å². The molecule has 4 rings (SSSR count). The highest BCUT2D eigenvalue weighted by Gasteiger charge is 2.33. The van der Waals surface area contributed by atoms with Crippen LogP contribution >= 0.6 is 11.3 Å². The van der Waals surface area contributed by atoms with Crippen LogP contribution < -0.4 is 5.32 Å². The van der Waals surface area contributed by atoms with E-state index in [1.54, 1.807) is 11.0 Å².